The first-order chi connectivity index (χ1) is 7.58. The minimum atomic E-state index is -0.836. The van der Waals surface area contributed by atoms with Crippen LogP contribution in [-0.2, 0) is 0 Å². The fraction of sp³-hybridized carbons (Fsp3) is 0. The smallest absolute Gasteiger partial charge is 0.152 e. The van der Waals surface area contributed by atoms with Crippen molar-refractivity contribution in [2.24, 2.45) is 0 Å². The van der Waals surface area contributed by atoms with E-state index in [2.05, 4.69) is 4.98 Å². The van der Waals surface area contributed by atoms with Crippen LogP contribution in [-0.4, -0.2) is 10.1 Å². The molecule has 0 spiro atoms. The number of phenols is 1. The van der Waals surface area contributed by atoms with Gasteiger partial charge in [0.15, 0.2) is 5.82 Å². The number of nitrogens with zero attached hydrogens (tertiary/aromatic N) is 1. The van der Waals surface area contributed by atoms with Gasteiger partial charge >= 0.3 is 0 Å². The molecule has 82 valence electrons. The molecule has 0 aliphatic heterocycles. The lowest BCUT2D eigenvalue weighted by atomic mass is 10.1. The van der Waals surface area contributed by atoms with Crippen molar-refractivity contribution in [1.29, 1.82) is 0 Å². The van der Waals surface area contributed by atoms with Gasteiger partial charge in [-0.1, -0.05) is 11.6 Å². The van der Waals surface area contributed by atoms with Crippen LogP contribution in [0.1, 0.15) is 0 Å². The molecular formula is C11H6ClF2NO. The molecule has 0 amide bonds. The van der Waals surface area contributed by atoms with E-state index in [1.807, 2.05) is 0 Å². The Morgan fingerprint density at radius 1 is 1.19 bits per heavy atom. The highest BCUT2D eigenvalue weighted by molar-refractivity contribution is 6.30. The third kappa shape index (κ3) is 1.97. The van der Waals surface area contributed by atoms with Crippen molar-refractivity contribution in [2.75, 3.05) is 0 Å². The van der Waals surface area contributed by atoms with E-state index in [-0.39, 0.29) is 17.0 Å². The van der Waals surface area contributed by atoms with Crippen LogP contribution in [0, 0.1) is 11.6 Å². The number of hydrogen-bond donors (Lipinski definition) is 1. The fourth-order valence-corrected chi connectivity index (χ4v) is 1.48. The Kier molecular flexibility index (Phi) is 2.75. The number of rotatable bonds is 1. The molecule has 2 rings (SSSR count). The number of aromatic nitrogens is 1. The van der Waals surface area contributed by atoms with Crippen LogP contribution in [0.2, 0.25) is 5.02 Å². The van der Waals surface area contributed by atoms with E-state index in [4.69, 9.17) is 11.6 Å². The normalized spacial score (nSPS) is 10.4. The molecule has 2 nitrogen and oxygen atoms in total. The molecule has 0 radical (unpaired) electrons. The first-order valence-electron chi connectivity index (χ1n) is 4.38. The van der Waals surface area contributed by atoms with Gasteiger partial charge in [0.2, 0.25) is 0 Å². The molecule has 1 aromatic heterocycles. The van der Waals surface area contributed by atoms with Crippen LogP contribution < -0.4 is 0 Å². The number of hydrogen-bond acceptors (Lipinski definition) is 2. The van der Waals surface area contributed by atoms with Crippen LogP contribution >= 0.6 is 11.6 Å². The average molecular weight is 242 g/mol. The zero-order valence-electron chi connectivity index (χ0n) is 7.92. The lowest BCUT2D eigenvalue weighted by molar-refractivity contribution is 0.476. The minimum absolute atomic E-state index is 0.115. The molecule has 0 aliphatic carbocycles. The van der Waals surface area contributed by atoms with E-state index in [0.717, 1.165) is 6.20 Å². The van der Waals surface area contributed by atoms with Crippen LogP contribution in [0.5, 0.6) is 5.75 Å². The van der Waals surface area contributed by atoms with Gasteiger partial charge in [-0.05, 0) is 18.2 Å². The van der Waals surface area contributed by atoms with Gasteiger partial charge in [0.25, 0.3) is 0 Å². The van der Waals surface area contributed by atoms with Gasteiger partial charge in [-0.25, -0.2) is 13.8 Å². The molecule has 0 unspecified atom stereocenters. The molecular weight excluding hydrogens is 236 g/mol. The second-order valence-corrected chi connectivity index (χ2v) is 3.58. The maximum Gasteiger partial charge on any atom is 0.152 e. The van der Waals surface area contributed by atoms with E-state index >= 15 is 0 Å². The molecule has 0 aliphatic rings. The zero-order chi connectivity index (χ0) is 11.7. The SMILES string of the molecule is Oc1cc(Cl)ccc1-c1ncc(F)cc1F. The van der Waals surface area contributed by atoms with Gasteiger partial charge in [-0.3, -0.25) is 0 Å². The van der Waals surface area contributed by atoms with E-state index in [0.29, 0.717) is 11.1 Å². The Labute approximate surface area is 95.1 Å². The summed E-state index contributed by atoms with van der Waals surface area (Å²) in [6.45, 7) is 0. The molecule has 1 N–H and O–H groups in total. The summed E-state index contributed by atoms with van der Waals surface area (Å²) in [6, 6.07) is 4.87. The summed E-state index contributed by atoms with van der Waals surface area (Å²) >= 11 is 5.64. The van der Waals surface area contributed by atoms with Crippen LogP contribution in [0.3, 0.4) is 0 Å². The van der Waals surface area contributed by atoms with E-state index < -0.39 is 11.6 Å². The van der Waals surface area contributed by atoms with Crippen molar-refractivity contribution in [1.82, 2.24) is 4.98 Å². The summed E-state index contributed by atoms with van der Waals surface area (Å²) in [5.74, 6) is -1.81. The predicted molar refractivity (Wildman–Crippen MR) is 56.3 cm³/mol. The molecule has 1 aromatic carbocycles. The lowest BCUT2D eigenvalue weighted by Crippen LogP contribution is -1.91. The number of phenolic OH excluding ortho intramolecular Hbond substituents is 1. The van der Waals surface area contributed by atoms with E-state index in [9.17, 15) is 13.9 Å². The molecule has 0 atom stereocenters. The van der Waals surface area contributed by atoms with Crippen molar-refractivity contribution in [3.05, 3.63) is 47.1 Å². The topological polar surface area (TPSA) is 33.1 Å². The monoisotopic (exact) mass is 241 g/mol. The highest BCUT2D eigenvalue weighted by atomic mass is 35.5. The third-order valence-corrected chi connectivity index (χ3v) is 2.26. The van der Waals surface area contributed by atoms with Gasteiger partial charge in [0.1, 0.15) is 17.3 Å². The fourth-order valence-electron chi connectivity index (χ4n) is 1.32. The van der Waals surface area contributed by atoms with Gasteiger partial charge in [0, 0.05) is 16.7 Å². The Morgan fingerprint density at radius 2 is 1.94 bits per heavy atom. The number of halogens is 3. The molecule has 2 aromatic rings. The third-order valence-electron chi connectivity index (χ3n) is 2.02. The molecule has 0 saturated heterocycles. The summed E-state index contributed by atoms with van der Waals surface area (Å²) in [6.07, 6.45) is 0.881. The summed E-state index contributed by atoms with van der Waals surface area (Å²) < 4.78 is 26.0. The Morgan fingerprint density at radius 3 is 2.56 bits per heavy atom. The van der Waals surface area contributed by atoms with Crippen molar-refractivity contribution in [3.8, 4) is 17.0 Å². The average Bonchev–Trinajstić information content (AvgIpc) is 2.19. The zero-order valence-corrected chi connectivity index (χ0v) is 8.67. The van der Waals surface area contributed by atoms with E-state index in [1.54, 1.807) is 0 Å². The first-order valence-corrected chi connectivity index (χ1v) is 4.75. The van der Waals surface area contributed by atoms with Gasteiger partial charge in [0.05, 0.1) is 6.20 Å². The minimum Gasteiger partial charge on any atom is -0.507 e. The largest absolute Gasteiger partial charge is 0.507 e. The Hall–Kier alpha value is -1.68. The number of pyridine rings is 1. The molecule has 5 heteroatoms. The summed E-state index contributed by atoms with van der Waals surface area (Å²) in [5, 5.41) is 9.88. The second kappa shape index (κ2) is 4.06. The molecule has 0 saturated carbocycles. The summed E-state index contributed by atoms with van der Waals surface area (Å²) in [4.78, 5) is 3.59. The van der Waals surface area contributed by atoms with Crippen molar-refractivity contribution < 1.29 is 13.9 Å². The Balaban J connectivity index is 2.59. The number of aromatic hydroxyl groups is 1. The van der Waals surface area contributed by atoms with Gasteiger partial charge in [-0.15, -0.1) is 0 Å². The standard InChI is InChI=1S/C11H6ClF2NO/c12-6-1-2-8(10(16)3-6)11-9(14)4-7(13)5-15-11/h1-5,16H. The highest BCUT2D eigenvalue weighted by Gasteiger charge is 2.12. The molecule has 1 heterocycles. The summed E-state index contributed by atoms with van der Waals surface area (Å²) in [7, 11) is 0. The van der Waals surface area contributed by atoms with Crippen molar-refractivity contribution in [2.45, 2.75) is 0 Å². The van der Waals surface area contributed by atoms with Crippen molar-refractivity contribution in [3.63, 3.8) is 0 Å². The number of benzene rings is 1. The van der Waals surface area contributed by atoms with E-state index in [1.165, 1.54) is 18.2 Å². The quantitative estimate of drug-likeness (QED) is 0.830. The first kappa shape index (κ1) is 10.8. The Bertz CT molecular complexity index is 496. The predicted octanol–water partition coefficient (Wildman–Crippen LogP) is 3.39. The van der Waals surface area contributed by atoms with Gasteiger partial charge < -0.3 is 5.11 Å². The molecule has 0 bridgehead atoms. The van der Waals surface area contributed by atoms with Gasteiger partial charge in [-0.2, -0.15) is 0 Å². The maximum absolute atomic E-state index is 13.4. The highest BCUT2D eigenvalue weighted by Crippen LogP contribution is 2.31. The second-order valence-electron chi connectivity index (χ2n) is 3.15. The summed E-state index contributed by atoms with van der Waals surface area (Å²) in [5.41, 5.74) is 0.0532. The van der Waals surface area contributed by atoms with Crippen LogP contribution in [0.15, 0.2) is 30.5 Å². The maximum atomic E-state index is 13.4. The van der Waals surface area contributed by atoms with Crippen LogP contribution in [0.25, 0.3) is 11.3 Å². The molecule has 0 fully saturated rings. The lowest BCUT2D eigenvalue weighted by Gasteiger charge is -2.05. The van der Waals surface area contributed by atoms with Crippen LogP contribution in [0.4, 0.5) is 8.78 Å². The molecule has 16 heavy (non-hydrogen) atoms. The van der Waals surface area contributed by atoms with Crippen molar-refractivity contribution >= 4 is 11.6 Å².